The van der Waals surface area contributed by atoms with Crippen LogP contribution in [0.1, 0.15) is 45.7 Å². The second-order valence-electron chi connectivity index (χ2n) is 8.52. The summed E-state index contributed by atoms with van der Waals surface area (Å²) in [5.74, 6) is 0.664. The standard InChI is InChI=1S/C30H27NO2/c1-33-25-18-16-21(17-19-25)27-20-24-14-8-9-15-26(24)29(27)31-30(32)28(22-10-4-2-5-11-22)23-12-6-3-7-13-23/h2-19,27-29H,20H2,1H3,(H,31,32)/t27-,29-/m0/s1. The van der Waals surface area contributed by atoms with Gasteiger partial charge in [-0.1, -0.05) is 97.1 Å². The SMILES string of the molecule is COc1ccc([C@@H]2Cc3ccccc3[C@@H]2NC(=O)C(c2ccccc2)c2ccccc2)cc1. The Morgan fingerprint density at radius 2 is 1.36 bits per heavy atom. The monoisotopic (exact) mass is 433 g/mol. The molecule has 33 heavy (non-hydrogen) atoms. The van der Waals surface area contributed by atoms with Crippen molar-refractivity contribution >= 4 is 5.91 Å². The molecule has 0 aromatic heterocycles. The Kier molecular flexibility index (Phi) is 5.95. The van der Waals surface area contributed by atoms with E-state index < -0.39 is 0 Å². The molecule has 4 aromatic rings. The van der Waals surface area contributed by atoms with Crippen molar-refractivity contribution in [3.8, 4) is 5.75 Å². The zero-order valence-corrected chi connectivity index (χ0v) is 18.6. The third kappa shape index (κ3) is 4.27. The molecule has 0 bridgehead atoms. The van der Waals surface area contributed by atoms with Crippen LogP contribution in [-0.4, -0.2) is 13.0 Å². The summed E-state index contributed by atoms with van der Waals surface area (Å²) in [6, 6.07) is 36.6. The smallest absolute Gasteiger partial charge is 0.232 e. The first kappa shape index (κ1) is 21.0. The summed E-state index contributed by atoms with van der Waals surface area (Å²) in [6.45, 7) is 0. The van der Waals surface area contributed by atoms with E-state index in [1.807, 2.05) is 72.8 Å². The van der Waals surface area contributed by atoms with Crippen molar-refractivity contribution in [2.75, 3.05) is 7.11 Å². The molecule has 0 unspecified atom stereocenters. The Bertz CT molecular complexity index is 1180. The number of carbonyl (C=O) groups excluding carboxylic acids is 1. The van der Waals surface area contributed by atoms with E-state index in [0.717, 1.165) is 23.3 Å². The quantitative estimate of drug-likeness (QED) is 0.403. The van der Waals surface area contributed by atoms with Crippen molar-refractivity contribution in [2.24, 2.45) is 0 Å². The second-order valence-corrected chi connectivity index (χ2v) is 8.52. The first-order chi connectivity index (χ1) is 16.2. The fraction of sp³-hybridized carbons (Fsp3) is 0.167. The molecule has 0 saturated heterocycles. The minimum atomic E-state index is -0.364. The summed E-state index contributed by atoms with van der Waals surface area (Å²) in [6.07, 6.45) is 0.898. The molecular weight excluding hydrogens is 406 g/mol. The lowest BCUT2D eigenvalue weighted by atomic mass is 9.88. The average molecular weight is 434 g/mol. The normalized spacial score (nSPS) is 16.9. The molecule has 4 aromatic carbocycles. The Morgan fingerprint density at radius 1 is 0.788 bits per heavy atom. The second kappa shape index (κ2) is 9.33. The van der Waals surface area contributed by atoms with Crippen LogP contribution in [0, 0.1) is 0 Å². The predicted molar refractivity (Wildman–Crippen MR) is 131 cm³/mol. The molecule has 3 heteroatoms. The molecular formula is C30H27NO2. The van der Waals surface area contributed by atoms with Crippen LogP contribution in [0.2, 0.25) is 0 Å². The summed E-state index contributed by atoms with van der Waals surface area (Å²) in [5.41, 5.74) is 5.68. The summed E-state index contributed by atoms with van der Waals surface area (Å²) < 4.78 is 5.34. The third-order valence-corrected chi connectivity index (χ3v) is 6.60. The number of carbonyl (C=O) groups is 1. The van der Waals surface area contributed by atoms with Gasteiger partial charge in [0, 0.05) is 5.92 Å². The molecule has 0 aliphatic heterocycles. The maximum Gasteiger partial charge on any atom is 0.232 e. The van der Waals surface area contributed by atoms with Gasteiger partial charge in [0.2, 0.25) is 5.91 Å². The number of fused-ring (bicyclic) bond motifs is 1. The van der Waals surface area contributed by atoms with Gasteiger partial charge in [-0.3, -0.25) is 4.79 Å². The Morgan fingerprint density at radius 3 is 1.97 bits per heavy atom. The first-order valence-corrected chi connectivity index (χ1v) is 11.4. The van der Waals surface area contributed by atoms with E-state index in [2.05, 4.69) is 41.7 Å². The Balaban J connectivity index is 1.50. The van der Waals surface area contributed by atoms with Crippen LogP contribution in [0.3, 0.4) is 0 Å². The van der Waals surface area contributed by atoms with Gasteiger partial charge < -0.3 is 10.1 Å². The van der Waals surface area contributed by atoms with Crippen LogP contribution in [0.25, 0.3) is 0 Å². The summed E-state index contributed by atoms with van der Waals surface area (Å²) in [7, 11) is 1.68. The Hall–Kier alpha value is -3.85. The molecule has 1 aliphatic carbocycles. The van der Waals surface area contributed by atoms with Crippen molar-refractivity contribution in [1.29, 1.82) is 0 Å². The molecule has 1 amide bonds. The van der Waals surface area contributed by atoms with Crippen LogP contribution in [0.15, 0.2) is 109 Å². The van der Waals surface area contributed by atoms with Crippen LogP contribution in [0.4, 0.5) is 0 Å². The molecule has 0 saturated carbocycles. The number of methoxy groups -OCH3 is 1. The van der Waals surface area contributed by atoms with E-state index >= 15 is 0 Å². The fourth-order valence-electron chi connectivity index (χ4n) is 4.96. The van der Waals surface area contributed by atoms with Crippen molar-refractivity contribution in [3.05, 3.63) is 137 Å². The molecule has 2 atom stereocenters. The Labute approximate surface area is 195 Å². The van der Waals surface area contributed by atoms with Gasteiger partial charge in [0.05, 0.1) is 19.1 Å². The van der Waals surface area contributed by atoms with E-state index in [9.17, 15) is 4.79 Å². The lowest BCUT2D eigenvalue weighted by Crippen LogP contribution is -2.35. The van der Waals surface area contributed by atoms with Gasteiger partial charge in [0.1, 0.15) is 5.75 Å². The minimum absolute atomic E-state index is 0.0209. The largest absolute Gasteiger partial charge is 0.497 e. The molecule has 1 aliphatic rings. The molecule has 164 valence electrons. The van der Waals surface area contributed by atoms with Gasteiger partial charge >= 0.3 is 0 Å². The summed E-state index contributed by atoms with van der Waals surface area (Å²) >= 11 is 0. The van der Waals surface area contributed by atoms with Crippen molar-refractivity contribution in [1.82, 2.24) is 5.32 Å². The maximum absolute atomic E-state index is 13.9. The van der Waals surface area contributed by atoms with Crippen LogP contribution >= 0.6 is 0 Å². The highest BCUT2D eigenvalue weighted by atomic mass is 16.5. The van der Waals surface area contributed by atoms with Crippen LogP contribution in [-0.2, 0) is 11.2 Å². The van der Waals surface area contributed by atoms with Crippen molar-refractivity contribution in [3.63, 3.8) is 0 Å². The highest BCUT2D eigenvalue weighted by Gasteiger charge is 2.36. The molecule has 0 heterocycles. The zero-order valence-electron chi connectivity index (χ0n) is 18.6. The van der Waals surface area contributed by atoms with Crippen molar-refractivity contribution < 1.29 is 9.53 Å². The molecule has 1 N–H and O–H groups in total. The van der Waals surface area contributed by atoms with E-state index in [4.69, 9.17) is 4.74 Å². The van der Waals surface area contributed by atoms with E-state index in [1.54, 1.807) is 7.11 Å². The zero-order chi connectivity index (χ0) is 22.6. The lowest BCUT2D eigenvalue weighted by molar-refractivity contribution is -0.122. The van der Waals surface area contributed by atoms with Gasteiger partial charge in [-0.15, -0.1) is 0 Å². The van der Waals surface area contributed by atoms with E-state index in [0.29, 0.717) is 0 Å². The number of hydrogen-bond donors (Lipinski definition) is 1. The third-order valence-electron chi connectivity index (χ3n) is 6.60. The average Bonchev–Trinajstić information content (AvgIpc) is 3.24. The number of amides is 1. The highest BCUT2D eigenvalue weighted by molar-refractivity contribution is 5.87. The van der Waals surface area contributed by atoms with E-state index in [1.165, 1.54) is 16.7 Å². The van der Waals surface area contributed by atoms with Gasteiger partial charge in [0.25, 0.3) is 0 Å². The van der Waals surface area contributed by atoms with E-state index in [-0.39, 0.29) is 23.8 Å². The van der Waals surface area contributed by atoms with Crippen molar-refractivity contribution in [2.45, 2.75) is 24.3 Å². The minimum Gasteiger partial charge on any atom is -0.497 e. The number of ether oxygens (including phenoxy) is 1. The summed E-state index contributed by atoms with van der Waals surface area (Å²) in [4.78, 5) is 13.9. The highest BCUT2D eigenvalue weighted by Crippen LogP contribution is 2.43. The van der Waals surface area contributed by atoms with Gasteiger partial charge in [-0.2, -0.15) is 0 Å². The maximum atomic E-state index is 13.9. The van der Waals surface area contributed by atoms with Gasteiger partial charge in [-0.25, -0.2) is 0 Å². The molecule has 0 radical (unpaired) electrons. The fourth-order valence-corrected chi connectivity index (χ4v) is 4.96. The number of hydrogen-bond acceptors (Lipinski definition) is 2. The van der Waals surface area contributed by atoms with Crippen LogP contribution in [0.5, 0.6) is 5.75 Å². The summed E-state index contributed by atoms with van der Waals surface area (Å²) in [5, 5.41) is 3.44. The number of benzene rings is 4. The number of nitrogens with one attached hydrogen (secondary N) is 1. The topological polar surface area (TPSA) is 38.3 Å². The molecule has 5 rings (SSSR count). The molecule has 0 spiro atoms. The van der Waals surface area contributed by atoms with Gasteiger partial charge in [-0.05, 0) is 46.4 Å². The first-order valence-electron chi connectivity index (χ1n) is 11.4. The molecule has 0 fully saturated rings. The van der Waals surface area contributed by atoms with Crippen LogP contribution < -0.4 is 10.1 Å². The predicted octanol–water partition coefficient (Wildman–Crippen LogP) is 6.02. The van der Waals surface area contributed by atoms with Gasteiger partial charge in [0.15, 0.2) is 0 Å². The number of rotatable bonds is 6. The molecule has 3 nitrogen and oxygen atoms in total. The lowest BCUT2D eigenvalue weighted by Gasteiger charge is -2.26.